The van der Waals surface area contributed by atoms with Gasteiger partial charge in [0.2, 0.25) is 5.13 Å². The molecule has 0 unspecified atom stereocenters. The number of benzene rings is 1. The number of H-pyrrole nitrogens is 1. The van der Waals surface area contributed by atoms with Crippen LogP contribution >= 0.6 is 11.3 Å². The van der Waals surface area contributed by atoms with Gasteiger partial charge in [0.25, 0.3) is 0 Å². The molecule has 8 nitrogen and oxygen atoms in total. The van der Waals surface area contributed by atoms with Crippen LogP contribution in [0.3, 0.4) is 0 Å². The fraction of sp³-hybridized carbons (Fsp3) is 0.316. The van der Waals surface area contributed by atoms with Gasteiger partial charge < -0.3 is 10.2 Å². The predicted octanol–water partition coefficient (Wildman–Crippen LogP) is 2.79. The molecule has 1 aromatic carbocycles. The Kier molecular flexibility index (Phi) is 4.36. The van der Waals surface area contributed by atoms with Gasteiger partial charge in [0.05, 0.1) is 11.6 Å². The topological polar surface area (TPSA) is 95.5 Å². The highest BCUT2D eigenvalue weighted by Gasteiger charge is 2.26. The lowest BCUT2D eigenvalue weighted by atomic mass is 10.1. The van der Waals surface area contributed by atoms with Crippen LogP contribution in [0.2, 0.25) is 0 Å². The number of aromatic nitrogens is 6. The second kappa shape index (κ2) is 7.16. The summed E-state index contributed by atoms with van der Waals surface area (Å²) in [4.78, 5) is 10.8. The summed E-state index contributed by atoms with van der Waals surface area (Å²) in [5.74, 6) is 0.822. The Morgan fingerprint density at radius 1 is 1.21 bits per heavy atom. The van der Waals surface area contributed by atoms with E-state index in [9.17, 15) is 0 Å². The lowest BCUT2D eigenvalue weighted by Gasteiger charge is -2.15. The molecule has 9 heteroatoms. The summed E-state index contributed by atoms with van der Waals surface area (Å²) in [6.07, 6.45) is 5.16. The molecule has 0 radical (unpaired) electrons. The zero-order valence-corrected chi connectivity index (χ0v) is 16.3. The molecule has 1 aliphatic heterocycles. The molecule has 0 saturated carbocycles. The van der Waals surface area contributed by atoms with Crippen molar-refractivity contribution in [2.75, 3.05) is 23.3 Å². The molecule has 0 aliphatic carbocycles. The van der Waals surface area contributed by atoms with Gasteiger partial charge in [-0.1, -0.05) is 41.2 Å². The third kappa shape index (κ3) is 3.40. The molecule has 3 aromatic heterocycles. The Bertz CT molecular complexity index is 1090. The molecule has 1 aliphatic rings. The first-order valence-electron chi connectivity index (χ1n) is 9.28. The van der Waals surface area contributed by atoms with Gasteiger partial charge in [0.15, 0.2) is 5.65 Å². The van der Waals surface area contributed by atoms with Gasteiger partial charge in [-0.15, -0.1) is 10.2 Å². The Morgan fingerprint density at radius 2 is 2.11 bits per heavy atom. The molecule has 1 atom stereocenters. The van der Waals surface area contributed by atoms with Gasteiger partial charge in [-0.3, -0.25) is 5.10 Å². The number of hydrogen-bond donors (Lipinski definition) is 2. The fourth-order valence-electron chi connectivity index (χ4n) is 3.45. The van der Waals surface area contributed by atoms with Crippen molar-refractivity contribution in [3.05, 3.63) is 52.9 Å². The van der Waals surface area contributed by atoms with Gasteiger partial charge >= 0.3 is 0 Å². The smallest absolute Gasteiger partial charge is 0.208 e. The van der Waals surface area contributed by atoms with Crippen molar-refractivity contribution in [1.82, 2.24) is 30.4 Å². The number of nitrogens with one attached hydrogen (secondary N) is 2. The third-order valence-electron chi connectivity index (χ3n) is 4.98. The maximum atomic E-state index is 4.42. The lowest BCUT2D eigenvalue weighted by Crippen LogP contribution is -2.26. The van der Waals surface area contributed by atoms with Crippen LogP contribution < -0.4 is 10.2 Å². The van der Waals surface area contributed by atoms with Crippen molar-refractivity contribution >= 4 is 33.3 Å². The highest BCUT2D eigenvalue weighted by Crippen LogP contribution is 2.27. The van der Waals surface area contributed by atoms with Crippen LogP contribution in [0.1, 0.15) is 22.6 Å². The molecular weight excluding hydrogens is 372 g/mol. The molecular formula is C19H20N8S. The van der Waals surface area contributed by atoms with Crippen molar-refractivity contribution < 1.29 is 0 Å². The van der Waals surface area contributed by atoms with E-state index < -0.39 is 0 Å². The summed E-state index contributed by atoms with van der Waals surface area (Å²) in [6.45, 7) is 3.93. The van der Waals surface area contributed by atoms with E-state index >= 15 is 0 Å². The summed E-state index contributed by atoms with van der Waals surface area (Å²) in [7, 11) is 0. The van der Waals surface area contributed by atoms with Crippen LogP contribution in [0.15, 0.2) is 36.8 Å². The number of aryl methyl sites for hydroxylation is 1. The van der Waals surface area contributed by atoms with Gasteiger partial charge in [0.1, 0.15) is 17.2 Å². The quantitative estimate of drug-likeness (QED) is 0.539. The molecule has 0 spiro atoms. The minimum atomic E-state index is 0.303. The van der Waals surface area contributed by atoms with Gasteiger partial charge in [0, 0.05) is 25.6 Å². The van der Waals surface area contributed by atoms with Gasteiger partial charge in [-0.25, -0.2) is 9.97 Å². The largest absolute Gasteiger partial charge is 0.365 e. The van der Waals surface area contributed by atoms with E-state index in [-0.39, 0.29) is 0 Å². The average Bonchev–Trinajstić information content (AvgIpc) is 3.44. The standard InChI is InChI=1S/C19H20N8S/c1-12-2-4-13(5-3-12)8-16-24-26-19(28-16)27-7-6-14(10-27)23-17-15-9-22-25-18(15)21-11-20-17/h2-5,9,11,14H,6-8,10H2,1H3,(H2,20,21,22,23,25)/t14-/m0/s1. The second-order valence-corrected chi connectivity index (χ2v) is 8.11. The third-order valence-corrected chi connectivity index (χ3v) is 5.96. The summed E-state index contributed by atoms with van der Waals surface area (Å²) in [6, 6.07) is 8.89. The zero-order valence-electron chi connectivity index (χ0n) is 15.5. The Hall–Kier alpha value is -3.07. The summed E-state index contributed by atoms with van der Waals surface area (Å²) in [5.41, 5.74) is 3.29. The molecule has 2 N–H and O–H groups in total. The van der Waals surface area contributed by atoms with Crippen LogP contribution in [0.5, 0.6) is 0 Å². The van der Waals surface area contributed by atoms with E-state index in [1.807, 2.05) is 0 Å². The van der Waals surface area contributed by atoms with E-state index in [0.717, 1.165) is 52.9 Å². The fourth-order valence-corrected chi connectivity index (χ4v) is 4.36. The maximum absolute atomic E-state index is 4.42. The molecule has 0 amide bonds. The van der Waals surface area contributed by atoms with Crippen LogP contribution in [-0.2, 0) is 6.42 Å². The van der Waals surface area contributed by atoms with Gasteiger partial charge in [-0.2, -0.15) is 5.10 Å². The molecule has 28 heavy (non-hydrogen) atoms. The first-order valence-corrected chi connectivity index (χ1v) is 10.1. The molecule has 1 fully saturated rings. The van der Waals surface area contributed by atoms with Gasteiger partial charge in [-0.05, 0) is 18.9 Å². The molecule has 142 valence electrons. The first-order chi connectivity index (χ1) is 13.7. The second-order valence-electron chi connectivity index (χ2n) is 7.07. The summed E-state index contributed by atoms with van der Waals surface area (Å²) < 4.78 is 0. The summed E-state index contributed by atoms with van der Waals surface area (Å²) in [5, 5.41) is 22.2. The maximum Gasteiger partial charge on any atom is 0.208 e. The Balaban J connectivity index is 1.24. The number of nitrogens with zero attached hydrogens (tertiary/aromatic N) is 6. The van der Waals surface area contributed by atoms with E-state index in [1.54, 1.807) is 23.9 Å². The summed E-state index contributed by atoms with van der Waals surface area (Å²) >= 11 is 1.68. The molecule has 0 bridgehead atoms. The van der Waals surface area contributed by atoms with Crippen LogP contribution in [0, 0.1) is 6.92 Å². The van der Waals surface area contributed by atoms with Crippen molar-refractivity contribution in [1.29, 1.82) is 0 Å². The minimum absolute atomic E-state index is 0.303. The highest BCUT2D eigenvalue weighted by atomic mass is 32.1. The van der Waals surface area contributed by atoms with Crippen LogP contribution in [0.4, 0.5) is 10.9 Å². The van der Waals surface area contributed by atoms with Crippen molar-refractivity contribution in [3.8, 4) is 0 Å². The normalized spacial score (nSPS) is 16.8. The van der Waals surface area contributed by atoms with Crippen LogP contribution in [0.25, 0.3) is 11.0 Å². The average molecular weight is 392 g/mol. The van der Waals surface area contributed by atoms with E-state index in [4.69, 9.17) is 0 Å². The molecule has 4 heterocycles. The first kappa shape index (κ1) is 17.1. The molecule has 5 rings (SSSR count). The number of hydrogen-bond acceptors (Lipinski definition) is 8. The number of fused-ring (bicyclic) bond motifs is 1. The highest BCUT2D eigenvalue weighted by molar-refractivity contribution is 7.15. The predicted molar refractivity (Wildman–Crippen MR) is 110 cm³/mol. The number of anilines is 2. The van der Waals surface area contributed by atoms with Crippen molar-refractivity contribution in [2.24, 2.45) is 0 Å². The Labute approximate surface area is 166 Å². The number of rotatable bonds is 5. The zero-order chi connectivity index (χ0) is 18.9. The SMILES string of the molecule is Cc1ccc(Cc2nnc(N3CC[C@H](Nc4ncnc5[nH]ncc45)C3)s2)cc1. The van der Waals surface area contributed by atoms with E-state index in [1.165, 1.54) is 11.1 Å². The molecule has 1 saturated heterocycles. The van der Waals surface area contributed by atoms with E-state index in [0.29, 0.717) is 6.04 Å². The monoisotopic (exact) mass is 392 g/mol. The lowest BCUT2D eigenvalue weighted by molar-refractivity contribution is 0.801. The molecule has 4 aromatic rings. The number of aromatic amines is 1. The van der Waals surface area contributed by atoms with Crippen molar-refractivity contribution in [2.45, 2.75) is 25.8 Å². The minimum Gasteiger partial charge on any atom is -0.365 e. The van der Waals surface area contributed by atoms with Crippen molar-refractivity contribution in [3.63, 3.8) is 0 Å². The van der Waals surface area contributed by atoms with E-state index in [2.05, 4.69) is 71.8 Å². The Morgan fingerprint density at radius 3 is 3.00 bits per heavy atom. The van der Waals surface area contributed by atoms with Crippen LogP contribution in [-0.4, -0.2) is 49.5 Å².